The Morgan fingerprint density at radius 2 is 2.13 bits per heavy atom. The summed E-state index contributed by atoms with van der Waals surface area (Å²) in [6, 6.07) is 10.8. The lowest BCUT2D eigenvalue weighted by Crippen LogP contribution is -2.21. The van der Waals surface area contributed by atoms with E-state index in [1.165, 1.54) is 17.0 Å². The van der Waals surface area contributed by atoms with Crippen LogP contribution in [0.5, 0.6) is 0 Å². The van der Waals surface area contributed by atoms with E-state index in [-0.39, 0.29) is 5.82 Å². The van der Waals surface area contributed by atoms with E-state index in [0.29, 0.717) is 24.0 Å². The number of aromatic nitrogens is 1. The number of rotatable bonds is 5. The van der Waals surface area contributed by atoms with Gasteiger partial charge < -0.3 is 4.42 Å². The Hall–Kier alpha value is -1.98. The predicted octanol–water partition coefficient (Wildman–Crippen LogP) is 5.04. The number of nitrogens with zero attached hydrogens (tertiary/aromatic N) is 2. The Balaban J connectivity index is 1.79. The van der Waals surface area contributed by atoms with Crippen molar-refractivity contribution < 1.29 is 8.81 Å². The van der Waals surface area contributed by atoms with E-state index in [0.717, 1.165) is 11.5 Å². The minimum absolute atomic E-state index is 0.289. The van der Waals surface area contributed by atoms with Crippen molar-refractivity contribution in [2.75, 3.05) is 7.05 Å². The first-order valence-electron chi connectivity index (χ1n) is 7.50. The average Bonchev–Trinajstić information content (AvgIpc) is 3.17. The number of halogens is 1. The van der Waals surface area contributed by atoms with Crippen molar-refractivity contribution in [3.63, 3.8) is 0 Å². The van der Waals surface area contributed by atoms with E-state index in [1.807, 2.05) is 6.92 Å². The lowest BCUT2D eigenvalue weighted by Gasteiger charge is -2.22. The third kappa shape index (κ3) is 3.51. The first-order chi connectivity index (χ1) is 11.0. The van der Waals surface area contributed by atoms with Gasteiger partial charge in [0.05, 0.1) is 5.69 Å². The highest BCUT2D eigenvalue weighted by Crippen LogP contribution is 2.27. The molecule has 120 valence electrons. The minimum Gasteiger partial charge on any atom is -0.441 e. The van der Waals surface area contributed by atoms with E-state index in [2.05, 4.69) is 41.4 Å². The molecule has 0 radical (unpaired) electrons. The molecule has 1 atom stereocenters. The lowest BCUT2D eigenvalue weighted by atomic mass is 10.2. The molecule has 0 saturated carbocycles. The Morgan fingerprint density at radius 3 is 2.83 bits per heavy atom. The van der Waals surface area contributed by atoms with Gasteiger partial charge in [0.1, 0.15) is 11.6 Å². The Labute approximate surface area is 139 Å². The number of hydrogen-bond acceptors (Lipinski definition) is 4. The summed E-state index contributed by atoms with van der Waals surface area (Å²) in [6.45, 7) is 4.76. The second-order valence-electron chi connectivity index (χ2n) is 5.64. The van der Waals surface area contributed by atoms with Crippen LogP contribution >= 0.6 is 11.3 Å². The van der Waals surface area contributed by atoms with Crippen molar-refractivity contribution >= 4 is 11.3 Å². The van der Waals surface area contributed by atoms with Crippen LogP contribution in [0.2, 0.25) is 0 Å². The highest BCUT2D eigenvalue weighted by Gasteiger charge is 2.18. The minimum atomic E-state index is -0.289. The van der Waals surface area contributed by atoms with E-state index in [1.54, 1.807) is 23.5 Å². The van der Waals surface area contributed by atoms with Crippen LogP contribution in [0.4, 0.5) is 4.39 Å². The zero-order valence-corrected chi connectivity index (χ0v) is 14.2. The Bertz CT molecular complexity index is 782. The molecule has 0 bridgehead atoms. The van der Waals surface area contributed by atoms with Gasteiger partial charge in [-0.1, -0.05) is 12.1 Å². The fourth-order valence-corrected chi connectivity index (χ4v) is 3.29. The van der Waals surface area contributed by atoms with Gasteiger partial charge in [-0.3, -0.25) is 4.90 Å². The molecule has 23 heavy (non-hydrogen) atoms. The molecule has 1 aromatic carbocycles. The zero-order chi connectivity index (χ0) is 16.4. The molecule has 2 heterocycles. The quantitative estimate of drug-likeness (QED) is 0.656. The van der Waals surface area contributed by atoms with Crippen LogP contribution in [0.3, 0.4) is 0 Å². The molecule has 0 aliphatic rings. The zero-order valence-electron chi connectivity index (χ0n) is 13.4. The normalized spacial score (nSPS) is 12.7. The molecule has 2 aromatic heterocycles. The predicted molar refractivity (Wildman–Crippen MR) is 90.8 cm³/mol. The van der Waals surface area contributed by atoms with Crippen LogP contribution in [0.1, 0.15) is 29.3 Å². The van der Waals surface area contributed by atoms with Gasteiger partial charge in [0.2, 0.25) is 5.89 Å². The monoisotopic (exact) mass is 330 g/mol. The summed E-state index contributed by atoms with van der Waals surface area (Å²) in [4.78, 5) is 8.10. The maximum Gasteiger partial charge on any atom is 0.226 e. The molecule has 0 saturated heterocycles. The summed E-state index contributed by atoms with van der Waals surface area (Å²) in [5.41, 5.74) is 1.54. The largest absolute Gasteiger partial charge is 0.441 e. The third-order valence-electron chi connectivity index (χ3n) is 3.98. The number of aryl methyl sites for hydroxylation is 1. The van der Waals surface area contributed by atoms with Gasteiger partial charge in [0.15, 0.2) is 0 Å². The van der Waals surface area contributed by atoms with Crippen molar-refractivity contribution in [3.05, 3.63) is 63.9 Å². The van der Waals surface area contributed by atoms with Crippen LogP contribution in [0.15, 0.2) is 46.2 Å². The SMILES string of the molecule is Cc1oc(-c2cccc(F)c2)nc1CN(C)[C@@H](C)c1cccs1. The van der Waals surface area contributed by atoms with Crippen LogP contribution in [0.25, 0.3) is 11.5 Å². The maximum atomic E-state index is 13.4. The van der Waals surface area contributed by atoms with E-state index >= 15 is 0 Å². The summed E-state index contributed by atoms with van der Waals surface area (Å²) >= 11 is 1.75. The summed E-state index contributed by atoms with van der Waals surface area (Å²) in [7, 11) is 2.07. The molecule has 0 aliphatic carbocycles. The molecule has 0 N–H and O–H groups in total. The second-order valence-corrected chi connectivity index (χ2v) is 6.62. The van der Waals surface area contributed by atoms with E-state index in [9.17, 15) is 4.39 Å². The molecule has 3 aromatic rings. The van der Waals surface area contributed by atoms with Crippen molar-refractivity contribution in [1.82, 2.24) is 9.88 Å². The van der Waals surface area contributed by atoms with Gasteiger partial charge in [0.25, 0.3) is 0 Å². The second kappa shape index (κ2) is 6.64. The molecule has 0 amide bonds. The summed E-state index contributed by atoms with van der Waals surface area (Å²) in [5, 5.41) is 2.09. The average molecular weight is 330 g/mol. The van der Waals surface area contributed by atoms with Crippen LogP contribution in [-0.4, -0.2) is 16.9 Å². The van der Waals surface area contributed by atoms with Gasteiger partial charge in [-0.05, 0) is 50.5 Å². The number of hydrogen-bond donors (Lipinski definition) is 0. The fraction of sp³-hybridized carbons (Fsp3) is 0.278. The standard InChI is InChI=1S/C18H19FN2OS/c1-12(17-8-5-9-23-17)21(3)11-16-13(2)22-18(20-16)14-6-4-7-15(19)10-14/h4-10,12H,11H2,1-3H3/t12-/m0/s1. The first kappa shape index (κ1) is 15.9. The summed E-state index contributed by atoms with van der Waals surface area (Å²) in [6.07, 6.45) is 0. The molecular weight excluding hydrogens is 311 g/mol. The topological polar surface area (TPSA) is 29.3 Å². The van der Waals surface area contributed by atoms with Gasteiger partial charge >= 0.3 is 0 Å². The van der Waals surface area contributed by atoms with Crippen LogP contribution in [0, 0.1) is 12.7 Å². The van der Waals surface area contributed by atoms with Crippen molar-refractivity contribution in [2.24, 2.45) is 0 Å². The molecule has 0 spiro atoms. The molecular formula is C18H19FN2OS. The van der Waals surface area contributed by atoms with Crippen molar-refractivity contribution in [2.45, 2.75) is 26.4 Å². The van der Waals surface area contributed by atoms with Crippen molar-refractivity contribution in [3.8, 4) is 11.5 Å². The van der Waals surface area contributed by atoms with E-state index < -0.39 is 0 Å². The van der Waals surface area contributed by atoms with E-state index in [4.69, 9.17) is 4.42 Å². The van der Waals surface area contributed by atoms with Gasteiger partial charge in [-0.25, -0.2) is 9.37 Å². The Kier molecular flexibility index (Phi) is 4.59. The molecule has 0 unspecified atom stereocenters. The van der Waals surface area contributed by atoms with Gasteiger partial charge in [-0.2, -0.15) is 0 Å². The van der Waals surface area contributed by atoms with Gasteiger partial charge in [0, 0.05) is 23.0 Å². The maximum absolute atomic E-state index is 13.4. The highest BCUT2D eigenvalue weighted by atomic mass is 32.1. The first-order valence-corrected chi connectivity index (χ1v) is 8.38. The Morgan fingerprint density at radius 1 is 1.30 bits per heavy atom. The molecule has 3 nitrogen and oxygen atoms in total. The van der Waals surface area contributed by atoms with Crippen LogP contribution < -0.4 is 0 Å². The highest BCUT2D eigenvalue weighted by molar-refractivity contribution is 7.10. The number of thiophene rings is 1. The fourth-order valence-electron chi connectivity index (χ4n) is 2.44. The lowest BCUT2D eigenvalue weighted by molar-refractivity contribution is 0.252. The van der Waals surface area contributed by atoms with Gasteiger partial charge in [-0.15, -0.1) is 11.3 Å². The molecule has 3 rings (SSSR count). The number of oxazole rings is 1. The number of benzene rings is 1. The van der Waals surface area contributed by atoms with Crippen molar-refractivity contribution in [1.29, 1.82) is 0 Å². The summed E-state index contributed by atoms with van der Waals surface area (Å²) in [5.74, 6) is 0.951. The summed E-state index contributed by atoms with van der Waals surface area (Å²) < 4.78 is 19.1. The third-order valence-corrected chi connectivity index (χ3v) is 5.02. The molecule has 0 aliphatic heterocycles. The smallest absolute Gasteiger partial charge is 0.226 e. The molecule has 5 heteroatoms. The van der Waals surface area contributed by atoms with Crippen LogP contribution in [-0.2, 0) is 6.54 Å². The molecule has 0 fully saturated rings.